The molecule has 0 amide bonds. The molecule has 4 saturated carbocycles. The first-order valence-corrected chi connectivity index (χ1v) is 9.22. The van der Waals surface area contributed by atoms with E-state index >= 15 is 0 Å². The minimum Gasteiger partial charge on any atom is -0.0654 e. The molecule has 4 aliphatic rings. The molecule has 0 N–H and O–H groups in total. The summed E-state index contributed by atoms with van der Waals surface area (Å²) < 4.78 is 0. The minimum absolute atomic E-state index is 0.803. The van der Waals surface area contributed by atoms with Gasteiger partial charge in [0.25, 0.3) is 0 Å². The molecule has 4 fully saturated rings. The second-order valence-electron chi connectivity index (χ2n) is 8.24. The molecule has 0 atom stereocenters. The van der Waals surface area contributed by atoms with Crippen LogP contribution in [0.3, 0.4) is 0 Å². The highest BCUT2D eigenvalue weighted by molar-refractivity contribution is 5.02. The van der Waals surface area contributed by atoms with Gasteiger partial charge in [0.05, 0.1) is 0 Å². The summed E-state index contributed by atoms with van der Waals surface area (Å²) in [5, 5.41) is 0. The fraction of sp³-hybridized carbons (Fsp3) is 1.00. The smallest absolute Gasteiger partial charge is 0.0269 e. The highest BCUT2D eigenvalue weighted by Crippen LogP contribution is 2.63. The van der Waals surface area contributed by atoms with Gasteiger partial charge in [-0.1, -0.05) is 39.5 Å². The van der Waals surface area contributed by atoms with Gasteiger partial charge in [0.15, 0.2) is 0 Å². The Labute approximate surface area is 120 Å². The van der Waals surface area contributed by atoms with Crippen LogP contribution in [-0.2, 0) is 0 Å². The van der Waals surface area contributed by atoms with E-state index in [0.29, 0.717) is 0 Å². The summed E-state index contributed by atoms with van der Waals surface area (Å²) in [7, 11) is 0. The Bertz CT molecular complexity index is 271. The van der Waals surface area contributed by atoms with E-state index in [2.05, 4.69) is 13.8 Å². The molecule has 0 saturated heterocycles. The van der Waals surface area contributed by atoms with E-state index in [1.165, 1.54) is 19.3 Å². The summed E-state index contributed by atoms with van der Waals surface area (Å²) in [5.74, 6) is 2.18. The van der Waals surface area contributed by atoms with Crippen LogP contribution in [0.25, 0.3) is 0 Å². The number of hydrogen-bond acceptors (Lipinski definition) is 0. The van der Waals surface area contributed by atoms with Gasteiger partial charge < -0.3 is 0 Å². The van der Waals surface area contributed by atoms with Crippen LogP contribution < -0.4 is 0 Å². The molecule has 0 spiro atoms. The average molecular weight is 262 g/mol. The second kappa shape index (κ2) is 5.41. The predicted molar refractivity (Wildman–Crippen MR) is 83.2 cm³/mol. The SMILES string of the molecule is CCCC12CCC([C@H]3CC[C@H](CC)CC3)(CC1)CC2. The van der Waals surface area contributed by atoms with Gasteiger partial charge in [0.2, 0.25) is 0 Å². The normalized spacial score (nSPS) is 46.4. The highest BCUT2D eigenvalue weighted by atomic mass is 14.6. The number of rotatable bonds is 4. The Morgan fingerprint density at radius 3 is 1.84 bits per heavy atom. The zero-order valence-corrected chi connectivity index (χ0v) is 13.3. The van der Waals surface area contributed by atoms with Gasteiger partial charge in [-0.25, -0.2) is 0 Å². The molecule has 0 heterocycles. The van der Waals surface area contributed by atoms with E-state index in [1.54, 1.807) is 64.2 Å². The highest BCUT2D eigenvalue weighted by Gasteiger charge is 2.51. The third-order valence-corrected chi connectivity index (χ3v) is 7.53. The molecule has 0 aliphatic heterocycles. The van der Waals surface area contributed by atoms with E-state index in [-0.39, 0.29) is 0 Å². The summed E-state index contributed by atoms with van der Waals surface area (Å²) in [6, 6.07) is 0. The molecule has 0 aromatic rings. The largest absolute Gasteiger partial charge is 0.0654 e. The molecule has 0 heteroatoms. The maximum absolute atomic E-state index is 2.39. The first-order valence-electron chi connectivity index (χ1n) is 9.22. The third kappa shape index (κ3) is 2.49. The summed E-state index contributed by atoms with van der Waals surface area (Å²) in [6.07, 6.45) is 20.1. The Balaban J connectivity index is 1.61. The fourth-order valence-electron chi connectivity index (χ4n) is 5.99. The molecule has 4 aliphatic carbocycles. The zero-order valence-electron chi connectivity index (χ0n) is 13.3. The van der Waals surface area contributed by atoms with Crippen molar-refractivity contribution in [3.05, 3.63) is 0 Å². The van der Waals surface area contributed by atoms with Crippen LogP contribution in [0.1, 0.15) is 97.3 Å². The van der Waals surface area contributed by atoms with Gasteiger partial charge in [0, 0.05) is 0 Å². The van der Waals surface area contributed by atoms with E-state index in [9.17, 15) is 0 Å². The van der Waals surface area contributed by atoms with Crippen LogP contribution in [0, 0.1) is 22.7 Å². The van der Waals surface area contributed by atoms with Crippen molar-refractivity contribution in [2.45, 2.75) is 97.3 Å². The van der Waals surface area contributed by atoms with E-state index in [4.69, 9.17) is 0 Å². The van der Waals surface area contributed by atoms with Gasteiger partial charge in [-0.05, 0) is 80.5 Å². The molecule has 19 heavy (non-hydrogen) atoms. The van der Waals surface area contributed by atoms with Gasteiger partial charge in [-0.3, -0.25) is 0 Å². The molecule has 0 aromatic carbocycles. The first-order chi connectivity index (χ1) is 9.22. The van der Waals surface area contributed by atoms with Crippen molar-refractivity contribution in [3.8, 4) is 0 Å². The van der Waals surface area contributed by atoms with Crippen molar-refractivity contribution in [2.75, 3.05) is 0 Å². The van der Waals surface area contributed by atoms with Crippen LogP contribution in [0.5, 0.6) is 0 Å². The maximum atomic E-state index is 2.39. The average Bonchev–Trinajstić information content (AvgIpc) is 2.49. The molecule has 2 bridgehead atoms. The molecule has 0 aromatic heterocycles. The summed E-state index contributed by atoms with van der Waals surface area (Å²) in [4.78, 5) is 0. The second-order valence-corrected chi connectivity index (χ2v) is 8.24. The molecule has 4 rings (SSSR count). The molecule has 110 valence electrons. The van der Waals surface area contributed by atoms with Crippen LogP contribution in [0.4, 0.5) is 0 Å². The Kier molecular flexibility index (Phi) is 3.98. The lowest BCUT2D eigenvalue weighted by atomic mass is 9.48. The van der Waals surface area contributed by atoms with E-state index in [0.717, 1.165) is 22.7 Å². The fourth-order valence-corrected chi connectivity index (χ4v) is 5.99. The monoisotopic (exact) mass is 262 g/mol. The Morgan fingerprint density at radius 2 is 1.37 bits per heavy atom. The quantitative estimate of drug-likeness (QED) is 0.554. The summed E-state index contributed by atoms with van der Waals surface area (Å²) in [5.41, 5.74) is 1.62. The summed E-state index contributed by atoms with van der Waals surface area (Å²) >= 11 is 0. The van der Waals surface area contributed by atoms with Crippen molar-refractivity contribution in [2.24, 2.45) is 22.7 Å². The van der Waals surface area contributed by atoms with Crippen molar-refractivity contribution in [1.82, 2.24) is 0 Å². The minimum atomic E-state index is 0.803. The van der Waals surface area contributed by atoms with Crippen LogP contribution >= 0.6 is 0 Å². The number of fused-ring (bicyclic) bond motifs is 3. The Morgan fingerprint density at radius 1 is 0.789 bits per heavy atom. The van der Waals surface area contributed by atoms with Crippen LogP contribution in [0.2, 0.25) is 0 Å². The summed E-state index contributed by atoms with van der Waals surface area (Å²) in [6.45, 7) is 4.78. The van der Waals surface area contributed by atoms with Gasteiger partial charge in [-0.15, -0.1) is 0 Å². The molecule has 0 nitrogen and oxygen atoms in total. The topological polar surface area (TPSA) is 0 Å². The van der Waals surface area contributed by atoms with Crippen molar-refractivity contribution in [3.63, 3.8) is 0 Å². The van der Waals surface area contributed by atoms with Crippen LogP contribution in [-0.4, -0.2) is 0 Å². The van der Waals surface area contributed by atoms with Crippen molar-refractivity contribution in [1.29, 1.82) is 0 Å². The molecule has 0 unspecified atom stereocenters. The lowest BCUT2D eigenvalue weighted by Gasteiger charge is -2.58. The molecular formula is C19H34. The third-order valence-electron chi connectivity index (χ3n) is 7.53. The van der Waals surface area contributed by atoms with Crippen molar-refractivity contribution >= 4 is 0 Å². The standard InChI is InChI=1S/C19H34/c1-3-9-18-10-13-19(14-11-18,15-12-18)17-7-5-16(4-2)6-8-17/h16-17H,3-15H2,1-2H3/t16-,17-,18?,19?. The van der Waals surface area contributed by atoms with Gasteiger partial charge >= 0.3 is 0 Å². The van der Waals surface area contributed by atoms with Gasteiger partial charge in [0.1, 0.15) is 0 Å². The number of hydrogen-bond donors (Lipinski definition) is 0. The lowest BCUT2D eigenvalue weighted by molar-refractivity contribution is -0.0647. The molecular weight excluding hydrogens is 228 g/mol. The van der Waals surface area contributed by atoms with E-state index < -0.39 is 0 Å². The predicted octanol–water partition coefficient (Wildman–Crippen LogP) is 6.34. The van der Waals surface area contributed by atoms with Crippen LogP contribution in [0.15, 0.2) is 0 Å². The van der Waals surface area contributed by atoms with Crippen molar-refractivity contribution < 1.29 is 0 Å². The zero-order chi connectivity index (χ0) is 13.3. The molecule has 0 radical (unpaired) electrons. The lowest BCUT2D eigenvalue weighted by Crippen LogP contribution is -2.46. The van der Waals surface area contributed by atoms with Gasteiger partial charge in [-0.2, -0.15) is 0 Å². The first kappa shape index (κ1) is 14.0. The maximum Gasteiger partial charge on any atom is -0.0269 e. The Hall–Kier alpha value is 0. The van der Waals surface area contributed by atoms with E-state index in [1.807, 2.05) is 0 Å².